The van der Waals surface area contributed by atoms with Crippen LogP contribution in [0.25, 0.3) is 0 Å². The molecule has 0 radical (unpaired) electrons. The van der Waals surface area contributed by atoms with Crippen molar-refractivity contribution in [3.63, 3.8) is 0 Å². The minimum absolute atomic E-state index is 0.151. The Bertz CT molecular complexity index is 819. The van der Waals surface area contributed by atoms with Crippen LogP contribution in [0.5, 0.6) is 5.75 Å². The maximum Gasteiger partial charge on any atom is 0.254 e. The molecule has 2 aromatic rings. The molecule has 0 spiro atoms. The first kappa shape index (κ1) is 20.3. The highest BCUT2D eigenvalue weighted by molar-refractivity contribution is 5.94. The van der Waals surface area contributed by atoms with Crippen molar-refractivity contribution in [3.8, 4) is 5.75 Å². The van der Waals surface area contributed by atoms with Gasteiger partial charge in [0.2, 0.25) is 0 Å². The molecule has 28 heavy (non-hydrogen) atoms. The number of rotatable bonds is 6. The molecule has 3 rings (SSSR count). The number of para-hydroxylation sites is 1. The van der Waals surface area contributed by atoms with Crippen LogP contribution in [0, 0.1) is 19.7 Å². The molecule has 5 nitrogen and oxygen atoms in total. The van der Waals surface area contributed by atoms with E-state index < -0.39 is 6.10 Å². The van der Waals surface area contributed by atoms with Crippen molar-refractivity contribution >= 4 is 5.91 Å². The largest absolute Gasteiger partial charge is 0.491 e. The number of aliphatic hydroxyl groups excluding tert-OH is 1. The van der Waals surface area contributed by atoms with Crippen LogP contribution in [0.2, 0.25) is 0 Å². The Morgan fingerprint density at radius 1 is 1.11 bits per heavy atom. The molecule has 1 aliphatic heterocycles. The normalized spacial score (nSPS) is 16.1. The van der Waals surface area contributed by atoms with Crippen molar-refractivity contribution in [2.45, 2.75) is 20.0 Å². The molecule has 1 heterocycles. The number of β-amino-alcohol motifs (C(OH)–C–C–N with tert-alkyl or cyclic N) is 1. The number of hydrogen-bond donors (Lipinski definition) is 1. The van der Waals surface area contributed by atoms with Gasteiger partial charge in [-0.2, -0.15) is 0 Å². The zero-order valence-corrected chi connectivity index (χ0v) is 16.4. The van der Waals surface area contributed by atoms with E-state index in [9.17, 15) is 14.3 Å². The molecule has 150 valence electrons. The Kier molecular flexibility index (Phi) is 6.65. The van der Waals surface area contributed by atoms with Crippen molar-refractivity contribution in [1.82, 2.24) is 9.80 Å². The molecule has 0 saturated carbocycles. The molecule has 1 atom stereocenters. The van der Waals surface area contributed by atoms with Crippen LogP contribution >= 0.6 is 0 Å². The van der Waals surface area contributed by atoms with Gasteiger partial charge in [-0.3, -0.25) is 9.69 Å². The van der Waals surface area contributed by atoms with E-state index in [-0.39, 0.29) is 18.3 Å². The zero-order valence-electron chi connectivity index (χ0n) is 16.4. The highest BCUT2D eigenvalue weighted by Gasteiger charge is 2.24. The Balaban J connectivity index is 1.45. The molecule has 1 amide bonds. The number of aliphatic hydroxyl groups is 1. The first-order chi connectivity index (χ1) is 13.4. The number of halogens is 1. The van der Waals surface area contributed by atoms with Crippen molar-refractivity contribution < 1.29 is 19.0 Å². The molecule has 2 aromatic carbocycles. The fraction of sp³-hybridized carbons (Fsp3) is 0.409. The van der Waals surface area contributed by atoms with Crippen LogP contribution in [-0.2, 0) is 0 Å². The SMILES string of the molecule is Cc1ccc(C(=O)N2CCN(CC(O)COc3ccccc3C)CC2)cc1F. The summed E-state index contributed by atoms with van der Waals surface area (Å²) in [4.78, 5) is 16.4. The summed E-state index contributed by atoms with van der Waals surface area (Å²) in [5.74, 6) is 0.269. The second-order valence-electron chi connectivity index (χ2n) is 7.29. The number of piperazine rings is 1. The van der Waals surface area contributed by atoms with Gasteiger partial charge in [0.15, 0.2) is 0 Å². The third-order valence-electron chi connectivity index (χ3n) is 5.07. The van der Waals surface area contributed by atoms with Gasteiger partial charge < -0.3 is 14.7 Å². The maximum absolute atomic E-state index is 13.7. The number of carbonyl (C=O) groups is 1. The van der Waals surface area contributed by atoms with E-state index >= 15 is 0 Å². The van der Waals surface area contributed by atoms with Gasteiger partial charge in [0.05, 0.1) is 0 Å². The van der Waals surface area contributed by atoms with Crippen molar-refractivity contribution in [2.24, 2.45) is 0 Å². The highest BCUT2D eigenvalue weighted by Crippen LogP contribution is 2.17. The van der Waals surface area contributed by atoms with Crippen LogP contribution in [0.15, 0.2) is 42.5 Å². The Morgan fingerprint density at radius 3 is 2.50 bits per heavy atom. The number of amides is 1. The molecule has 0 aromatic heterocycles. The molecule has 1 N–H and O–H groups in total. The number of ether oxygens (including phenoxy) is 1. The van der Waals surface area contributed by atoms with Gasteiger partial charge in [-0.25, -0.2) is 4.39 Å². The molecule has 1 saturated heterocycles. The summed E-state index contributed by atoms with van der Waals surface area (Å²) in [7, 11) is 0. The lowest BCUT2D eigenvalue weighted by molar-refractivity contribution is 0.0402. The number of aryl methyl sites for hydroxylation is 2. The minimum atomic E-state index is -0.604. The van der Waals surface area contributed by atoms with Crippen molar-refractivity contribution in [3.05, 3.63) is 65.0 Å². The standard InChI is InChI=1S/C22H27FN2O3/c1-16-7-8-18(13-20(16)23)22(27)25-11-9-24(10-12-25)14-19(26)15-28-21-6-4-3-5-17(21)2/h3-8,13,19,26H,9-12,14-15H2,1-2H3. The van der Waals surface area contributed by atoms with Crippen LogP contribution in [0.4, 0.5) is 4.39 Å². The smallest absolute Gasteiger partial charge is 0.254 e. The molecule has 0 bridgehead atoms. The Hall–Kier alpha value is -2.44. The van der Waals surface area contributed by atoms with Gasteiger partial charge in [-0.15, -0.1) is 0 Å². The van der Waals surface area contributed by atoms with Gasteiger partial charge in [0.25, 0.3) is 5.91 Å². The fourth-order valence-corrected chi connectivity index (χ4v) is 3.30. The van der Waals surface area contributed by atoms with Crippen molar-refractivity contribution in [2.75, 3.05) is 39.3 Å². The third kappa shape index (κ3) is 5.09. The van der Waals surface area contributed by atoms with E-state index in [2.05, 4.69) is 4.90 Å². The summed E-state index contributed by atoms with van der Waals surface area (Å²) in [6, 6.07) is 12.3. The topological polar surface area (TPSA) is 53.0 Å². The molecule has 1 aliphatic rings. The molecule has 6 heteroatoms. The maximum atomic E-state index is 13.7. The number of benzene rings is 2. The summed E-state index contributed by atoms with van der Waals surface area (Å²) in [6.07, 6.45) is -0.604. The average Bonchev–Trinajstić information content (AvgIpc) is 2.69. The average molecular weight is 386 g/mol. The van der Waals surface area contributed by atoms with Gasteiger partial charge >= 0.3 is 0 Å². The monoisotopic (exact) mass is 386 g/mol. The van der Waals surface area contributed by atoms with E-state index in [0.717, 1.165) is 11.3 Å². The molecule has 1 fully saturated rings. The Labute approximate surface area is 165 Å². The lowest BCUT2D eigenvalue weighted by atomic mass is 10.1. The summed E-state index contributed by atoms with van der Waals surface area (Å²) >= 11 is 0. The van der Waals surface area contributed by atoms with E-state index in [1.54, 1.807) is 24.0 Å². The Morgan fingerprint density at radius 2 is 1.82 bits per heavy atom. The van der Waals surface area contributed by atoms with Crippen LogP contribution in [0.1, 0.15) is 21.5 Å². The fourth-order valence-electron chi connectivity index (χ4n) is 3.30. The van der Waals surface area contributed by atoms with Gasteiger partial charge in [0.1, 0.15) is 24.3 Å². The lowest BCUT2D eigenvalue weighted by Crippen LogP contribution is -2.51. The predicted octanol–water partition coefficient (Wildman–Crippen LogP) is 2.64. The van der Waals surface area contributed by atoms with Gasteiger partial charge in [-0.1, -0.05) is 24.3 Å². The van der Waals surface area contributed by atoms with E-state index in [1.165, 1.54) is 6.07 Å². The summed E-state index contributed by atoms with van der Waals surface area (Å²) in [6.45, 7) is 6.82. The van der Waals surface area contributed by atoms with Gasteiger partial charge in [0, 0.05) is 38.3 Å². The van der Waals surface area contributed by atoms with Crippen LogP contribution in [0.3, 0.4) is 0 Å². The molecular formula is C22H27FN2O3. The second-order valence-corrected chi connectivity index (χ2v) is 7.29. The third-order valence-corrected chi connectivity index (χ3v) is 5.07. The number of carbonyl (C=O) groups excluding carboxylic acids is 1. The predicted molar refractivity (Wildman–Crippen MR) is 106 cm³/mol. The second kappa shape index (κ2) is 9.17. The summed E-state index contributed by atoms with van der Waals surface area (Å²) in [5, 5.41) is 10.3. The summed E-state index contributed by atoms with van der Waals surface area (Å²) < 4.78 is 19.4. The lowest BCUT2D eigenvalue weighted by Gasteiger charge is -2.35. The first-order valence-electron chi connectivity index (χ1n) is 9.58. The van der Waals surface area contributed by atoms with Crippen LogP contribution < -0.4 is 4.74 Å². The van der Waals surface area contributed by atoms with E-state index in [1.807, 2.05) is 31.2 Å². The summed E-state index contributed by atoms with van der Waals surface area (Å²) in [5.41, 5.74) is 1.95. The minimum Gasteiger partial charge on any atom is -0.491 e. The molecular weight excluding hydrogens is 359 g/mol. The molecule has 0 aliphatic carbocycles. The zero-order chi connectivity index (χ0) is 20.1. The number of nitrogens with zero attached hydrogens (tertiary/aromatic N) is 2. The van der Waals surface area contributed by atoms with Crippen LogP contribution in [-0.4, -0.2) is 66.2 Å². The highest BCUT2D eigenvalue weighted by atomic mass is 19.1. The molecule has 1 unspecified atom stereocenters. The number of hydrogen-bond acceptors (Lipinski definition) is 4. The first-order valence-corrected chi connectivity index (χ1v) is 9.58. The van der Waals surface area contributed by atoms with E-state index in [4.69, 9.17) is 4.74 Å². The van der Waals surface area contributed by atoms with E-state index in [0.29, 0.717) is 43.9 Å². The quantitative estimate of drug-likeness (QED) is 0.829. The van der Waals surface area contributed by atoms with Crippen molar-refractivity contribution in [1.29, 1.82) is 0 Å². The van der Waals surface area contributed by atoms with Gasteiger partial charge in [-0.05, 0) is 43.2 Å².